The van der Waals surface area contributed by atoms with Crippen molar-refractivity contribution in [1.29, 1.82) is 0 Å². The molecule has 0 bridgehead atoms. The molecule has 0 aliphatic heterocycles. The maximum Gasteiger partial charge on any atom is 0.306 e. The number of ether oxygens (including phenoxy) is 1. The van der Waals surface area contributed by atoms with Gasteiger partial charge in [0, 0.05) is 54.6 Å². The Bertz CT molecular complexity index is 1430. The lowest BCUT2D eigenvalue weighted by Crippen LogP contribution is -2.60. The zero-order valence-electron chi connectivity index (χ0n) is 25.1. The van der Waals surface area contributed by atoms with Crippen LogP contribution in [-0.2, 0) is 23.9 Å². The van der Waals surface area contributed by atoms with E-state index in [2.05, 4.69) is 32.9 Å². The molecule has 8 atom stereocenters. The fourth-order valence-electron chi connectivity index (χ4n) is 10.4. The first-order valence-electron chi connectivity index (χ1n) is 16.1. The summed E-state index contributed by atoms with van der Waals surface area (Å²) >= 11 is 0. The topological polar surface area (TPSA) is 77.5 Å². The molecular formula is C37H42O5. The quantitative estimate of drug-likeness (QED) is 0.355. The molecule has 0 spiro atoms. The largest absolute Gasteiger partial charge is 0.452 e. The Morgan fingerprint density at radius 3 is 2.26 bits per heavy atom. The maximum atomic E-state index is 14.1. The second kappa shape index (κ2) is 9.99. The van der Waals surface area contributed by atoms with E-state index in [4.69, 9.17) is 4.74 Å². The summed E-state index contributed by atoms with van der Waals surface area (Å²) in [5.74, 6) is 1.12. The minimum Gasteiger partial charge on any atom is -0.452 e. The van der Waals surface area contributed by atoms with Crippen molar-refractivity contribution in [2.45, 2.75) is 84.7 Å². The molecule has 0 radical (unpaired) electrons. The number of carbonyl (C=O) groups excluding carboxylic acids is 4. The fourth-order valence-corrected chi connectivity index (χ4v) is 10.4. The van der Waals surface area contributed by atoms with Gasteiger partial charge in [-0.2, -0.15) is 0 Å². The van der Waals surface area contributed by atoms with Crippen molar-refractivity contribution in [2.75, 3.05) is 0 Å². The summed E-state index contributed by atoms with van der Waals surface area (Å²) < 4.78 is 6.11. The third-order valence-corrected chi connectivity index (χ3v) is 12.7. The molecule has 0 amide bonds. The van der Waals surface area contributed by atoms with Gasteiger partial charge >= 0.3 is 5.97 Å². The minimum absolute atomic E-state index is 0.0589. The van der Waals surface area contributed by atoms with Crippen LogP contribution >= 0.6 is 0 Å². The van der Waals surface area contributed by atoms with Gasteiger partial charge in [-0.05, 0) is 71.8 Å². The van der Waals surface area contributed by atoms with Crippen molar-refractivity contribution in [2.24, 2.45) is 46.3 Å². The first-order valence-corrected chi connectivity index (χ1v) is 16.1. The first-order chi connectivity index (χ1) is 20.1. The van der Waals surface area contributed by atoms with Gasteiger partial charge in [0.1, 0.15) is 17.3 Å². The van der Waals surface area contributed by atoms with Gasteiger partial charge in [-0.1, -0.05) is 69.3 Å². The van der Waals surface area contributed by atoms with Crippen molar-refractivity contribution < 1.29 is 23.9 Å². The molecule has 0 N–H and O–H groups in total. The molecule has 0 aromatic heterocycles. The van der Waals surface area contributed by atoms with Gasteiger partial charge < -0.3 is 4.74 Å². The number of benzene rings is 2. The van der Waals surface area contributed by atoms with E-state index in [0.29, 0.717) is 44.3 Å². The maximum absolute atomic E-state index is 14.1. The van der Waals surface area contributed by atoms with Gasteiger partial charge in [0.2, 0.25) is 0 Å². The van der Waals surface area contributed by atoms with E-state index in [0.717, 1.165) is 41.5 Å². The molecule has 2 aromatic carbocycles. The number of hydrogen-bond donors (Lipinski definition) is 0. The monoisotopic (exact) mass is 566 g/mol. The number of esters is 1. The van der Waals surface area contributed by atoms with Crippen LogP contribution in [-0.4, -0.2) is 23.3 Å². The third-order valence-electron chi connectivity index (χ3n) is 12.7. The molecule has 5 aliphatic rings. The van der Waals surface area contributed by atoms with E-state index in [1.54, 1.807) is 0 Å². The Morgan fingerprint density at radius 2 is 1.57 bits per heavy atom. The van der Waals surface area contributed by atoms with Crippen LogP contribution in [0.3, 0.4) is 0 Å². The normalized spacial score (nSPS) is 36.0. The van der Waals surface area contributed by atoms with Crippen molar-refractivity contribution >= 4 is 23.3 Å². The van der Waals surface area contributed by atoms with Crippen LogP contribution in [0, 0.1) is 46.3 Å². The van der Waals surface area contributed by atoms with Crippen LogP contribution in [0.15, 0.2) is 48.5 Å². The summed E-state index contributed by atoms with van der Waals surface area (Å²) in [6, 6.07) is 16.2. The van der Waals surface area contributed by atoms with Crippen molar-refractivity contribution in [3.63, 3.8) is 0 Å². The van der Waals surface area contributed by atoms with Gasteiger partial charge in [-0.3, -0.25) is 19.2 Å². The van der Waals surface area contributed by atoms with Crippen LogP contribution in [0.1, 0.15) is 95.8 Å². The lowest BCUT2D eigenvalue weighted by molar-refractivity contribution is -0.166. The van der Waals surface area contributed by atoms with Crippen LogP contribution in [0.2, 0.25) is 0 Å². The van der Waals surface area contributed by atoms with Crippen LogP contribution in [0.5, 0.6) is 0 Å². The summed E-state index contributed by atoms with van der Waals surface area (Å²) in [6.45, 7) is 6.56. The lowest BCUT2D eigenvalue weighted by Gasteiger charge is -2.58. The molecule has 5 heteroatoms. The Balaban J connectivity index is 1.05. The highest BCUT2D eigenvalue weighted by Crippen LogP contribution is 2.66. The summed E-state index contributed by atoms with van der Waals surface area (Å²) in [7, 11) is 0. The van der Waals surface area contributed by atoms with E-state index in [1.165, 1.54) is 0 Å². The average Bonchev–Trinajstić information content (AvgIpc) is 3.49. The highest BCUT2D eigenvalue weighted by atomic mass is 16.5. The number of fused-ring (bicyclic) bond motifs is 8. The van der Waals surface area contributed by atoms with Gasteiger partial charge in [0.25, 0.3) is 0 Å². The Hall–Kier alpha value is -3.08. The minimum atomic E-state index is -0.531. The summed E-state index contributed by atoms with van der Waals surface area (Å²) in [5, 5.41) is 0. The molecule has 42 heavy (non-hydrogen) atoms. The molecule has 0 heterocycles. The SMILES string of the molecule is CC(CCC(=O)OC1c2ccccc2-c2ccccc21)C1CCC2C3C(=O)CC4CC(=O)CCC4(C)C3CC(=O)C12C. The Kier molecular flexibility index (Phi) is 6.60. The van der Waals surface area contributed by atoms with E-state index in [-0.39, 0.29) is 64.6 Å². The number of carbonyl (C=O) groups is 4. The first kappa shape index (κ1) is 27.7. The summed E-state index contributed by atoms with van der Waals surface area (Å²) in [5.41, 5.74) is 3.67. The van der Waals surface area contributed by atoms with E-state index in [1.807, 2.05) is 36.4 Å². The number of hydrogen-bond acceptors (Lipinski definition) is 5. The molecular weight excluding hydrogens is 524 g/mol. The standard InChI is InChI=1S/C37H42O5/c1-21(12-15-33(41)42-35-26-10-6-4-8-24(26)25-9-5-7-11-27(25)35)28-13-14-29-34-30(20-32(40)37(28,29)3)36(2)17-16-23(38)18-22(36)19-31(34)39/h4-11,21-22,28-30,34-35H,12-20H2,1-3H3. The molecule has 7 rings (SSSR count). The second-order valence-electron chi connectivity index (χ2n) is 14.5. The van der Waals surface area contributed by atoms with Gasteiger partial charge in [-0.15, -0.1) is 0 Å². The molecule has 2 aromatic rings. The lowest BCUT2D eigenvalue weighted by atomic mass is 9.44. The van der Waals surface area contributed by atoms with Crippen LogP contribution < -0.4 is 0 Å². The summed E-state index contributed by atoms with van der Waals surface area (Å²) in [4.78, 5) is 53.2. The smallest absolute Gasteiger partial charge is 0.306 e. The highest BCUT2D eigenvalue weighted by molar-refractivity contribution is 5.93. The van der Waals surface area contributed by atoms with Crippen molar-refractivity contribution in [1.82, 2.24) is 0 Å². The van der Waals surface area contributed by atoms with Gasteiger partial charge in [0.15, 0.2) is 6.10 Å². The zero-order chi connectivity index (χ0) is 29.4. The average molecular weight is 567 g/mol. The van der Waals surface area contributed by atoms with Crippen molar-refractivity contribution in [3.05, 3.63) is 59.7 Å². The second-order valence-corrected chi connectivity index (χ2v) is 14.5. The molecule has 5 nitrogen and oxygen atoms in total. The predicted molar refractivity (Wildman–Crippen MR) is 159 cm³/mol. The van der Waals surface area contributed by atoms with Crippen LogP contribution in [0.4, 0.5) is 0 Å². The highest BCUT2D eigenvalue weighted by Gasteiger charge is 2.66. The van der Waals surface area contributed by atoms with Gasteiger partial charge in [-0.25, -0.2) is 0 Å². The summed E-state index contributed by atoms with van der Waals surface area (Å²) in [6.07, 6.45) is 5.23. The Morgan fingerprint density at radius 1 is 0.905 bits per heavy atom. The fraction of sp³-hybridized carbons (Fsp3) is 0.568. The van der Waals surface area contributed by atoms with Crippen molar-refractivity contribution in [3.8, 4) is 11.1 Å². The number of ketones is 3. The van der Waals surface area contributed by atoms with E-state index < -0.39 is 5.41 Å². The molecule has 4 fully saturated rings. The van der Waals surface area contributed by atoms with E-state index >= 15 is 0 Å². The zero-order valence-corrected chi connectivity index (χ0v) is 25.1. The predicted octanol–water partition coefficient (Wildman–Crippen LogP) is 7.30. The number of rotatable bonds is 5. The molecule has 0 saturated heterocycles. The number of Topliss-reactive ketones (excluding diaryl/α,β-unsaturated/α-hetero) is 3. The Labute approximate surface area is 248 Å². The molecule has 4 saturated carbocycles. The molecule has 220 valence electrons. The molecule has 5 aliphatic carbocycles. The van der Waals surface area contributed by atoms with Gasteiger partial charge in [0.05, 0.1) is 0 Å². The van der Waals surface area contributed by atoms with Crippen LogP contribution in [0.25, 0.3) is 11.1 Å². The third kappa shape index (κ3) is 4.02. The van der Waals surface area contributed by atoms with E-state index in [9.17, 15) is 19.2 Å². The molecule has 8 unspecified atom stereocenters.